The van der Waals surface area contributed by atoms with Gasteiger partial charge in [-0.2, -0.15) is 0 Å². The van der Waals surface area contributed by atoms with Gasteiger partial charge in [-0.1, -0.05) is 15.9 Å². The minimum atomic E-state index is 0.0996. The lowest BCUT2D eigenvalue weighted by molar-refractivity contribution is 0.221. The molecule has 2 amide bonds. The zero-order valence-electron chi connectivity index (χ0n) is 9.82. The van der Waals surface area contributed by atoms with E-state index in [0.29, 0.717) is 0 Å². The number of carbonyl (C=O) groups is 1. The molecule has 1 aromatic rings. The van der Waals surface area contributed by atoms with Gasteiger partial charge in [-0.05, 0) is 31.3 Å². The summed E-state index contributed by atoms with van der Waals surface area (Å²) in [5.41, 5.74) is 0.963. The Balaban J connectivity index is 2.04. The molecule has 0 unspecified atom stereocenters. The number of halogens is 1. The summed E-state index contributed by atoms with van der Waals surface area (Å²) in [5, 5.41) is 3.06. The minimum absolute atomic E-state index is 0.0996. The first kappa shape index (κ1) is 12.4. The molecule has 0 saturated carbocycles. The number of amides is 2. The molecule has 2 rings (SSSR count). The van der Waals surface area contributed by atoms with E-state index in [1.165, 1.54) is 0 Å². The van der Waals surface area contributed by atoms with Crippen LogP contribution in [0.5, 0.6) is 0 Å². The first-order valence-corrected chi connectivity index (χ1v) is 6.48. The molecule has 1 heterocycles. The van der Waals surface area contributed by atoms with Gasteiger partial charge in [-0.25, -0.2) is 4.79 Å². The average Bonchev–Trinajstić information content (AvgIpc) is 2.69. The number of nitrogens with one attached hydrogen (secondary N) is 1. The third kappa shape index (κ3) is 2.79. The topological polar surface area (TPSA) is 35.6 Å². The number of hydrogen-bond donors (Lipinski definition) is 1. The van der Waals surface area contributed by atoms with Gasteiger partial charge in [0.2, 0.25) is 0 Å². The second kappa shape index (κ2) is 5.51. The quantitative estimate of drug-likeness (QED) is 0.921. The molecule has 0 aliphatic carbocycles. The number of rotatable bonds is 4. The van der Waals surface area contributed by atoms with Crippen LogP contribution in [0.15, 0.2) is 28.7 Å². The van der Waals surface area contributed by atoms with Crippen molar-refractivity contribution in [2.24, 2.45) is 0 Å². The predicted molar refractivity (Wildman–Crippen MR) is 72.4 cm³/mol. The van der Waals surface area contributed by atoms with Crippen LogP contribution < -0.4 is 10.2 Å². The molecule has 1 aromatic carbocycles. The smallest absolute Gasteiger partial charge is 0.321 e. The van der Waals surface area contributed by atoms with E-state index >= 15 is 0 Å². The van der Waals surface area contributed by atoms with Crippen molar-refractivity contribution in [2.45, 2.75) is 0 Å². The lowest BCUT2D eigenvalue weighted by Gasteiger charge is -2.18. The number of likely N-dealkylation sites (N-methyl/N-ethyl adjacent to an activating group) is 1. The summed E-state index contributed by atoms with van der Waals surface area (Å²) in [4.78, 5) is 15.8. The summed E-state index contributed by atoms with van der Waals surface area (Å²) in [6, 6.07) is 7.94. The van der Waals surface area contributed by atoms with Gasteiger partial charge in [-0.3, -0.25) is 4.90 Å². The fourth-order valence-corrected chi connectivity index (χ4v) is 2.16. The molecule has 17 heavy (non-hydrogen) atoms. The van der Waals surface area contributed by atoms with Gasteiger partial charge < -0.3 is 10.2 Å². The van der Waals surface area contributed by atoms with E-state index in [-0.39, 0.29) is 6.03 Å². The summed E-state index contributed by atoms with van der Waals surface area (Å²) in [5.74, 6) is 0. The SMILES string of the molecule is CNCCN1CCN(c2ccc(Br)cc2)C1=O. The van der Waals surface area contributed by atoms with Crippen LogP contribution in [-0.4, -0.2) is 44.2 Å². The standard InChI is InChI=1S/C12H16BrN3O/c1-14-6-7-15-8-9-16(12(15)17)11-4-2-10(13)3-5-11/h2-5,14H,6-9H2,1H3. The average molecular weight is 298 g/mol. The van der Waals surface area contributed by atoms with Crippen LogP contribution in [0.3, 0.4) is 0 Å². The van der Waals surface area contributed by atoms with E-state index in [0.717, 1.165) is 36.3 Å². The highest BCUT2D eigenvalue weighted by Gasteiger charge is 2.28. The first-order valence-electron chi connectivity index (χ1n) is 5.69. The van der Waals surface area contributed by atoms with Crippen molar-refractivity contribution < 1.29 is 4.79 Å². The normalized spacial score (nSPS) is 15.8. The van der Waals surface area contributed by atoms with E-state index in [4.69, 9.17) is 0 Å². The van der Waals surface area contributed by atoms with Crippen LogP contribution in [0.2, 0.25) is 0 Å². The summed E-state index contributed by atoms with van der Waals surface area (Å²) in [7, 11) is 1.90. The van der Waals surface area contributed by atoms with Crippen LogP contribution in [0.1, 0.15) is 0 Å². The Morgan fingerprint density at radius 2 is 2.00 bits per heavy atom. The van der Waals surface area contributed by atoms with E-state index < -0.39 is 0 Å². The molecule has 1 aliphatic rings. The Morgan fingerprint density at radius 3 is 2.65 bits per heavy atom. The molecule has 0 spiro atoms. The molecule has 1 saturated heterocycles. The summed E-state index contributed by atoms with van der Waals surface area (Å²) in [6.07, 6.45) is 0. The van der Waals surface area contributed by atoms with Crippen LogP contribution in [-0.2, 0) is 0 Å². The van der Waals surface area contributed by atoms with E-state index in [1.807, 2.05) is 41.1 Å². The van der Waals surface area contributed by atoms with Gasteiger partial charge in [0, 0.05) is 36.3 Å². The third-order valence-electron chi connectivity index (χ3n) is 2.86. The van der Waals surface area contributed by atoms with Gasteiger partial charge >= 0.3 is 6.03 Å². The highest BCUT2D eigenvalue weighted by molar-refractivity contribution is 9.10. The molecule has 4 nitrogen and oxygen atoms in total. The fraction of sp³-hybridized carbons (Fsp3) is 0.417. The second-order valence-electron chi connectivity index (χ2n) is 4.00. The lowest BCUT2D eigenvalue weighted by atomic mass is 10.3. The van der Waals surface area contributed by atoms with E-state index in [9.17, 15) is 4.79 Å². The maximum Gasteiger partial charge on any atom is 0.324 e. The van der Waals surface area contributed by atoms with Crippen molar-refractivity contribution in [1.82, 2.24) is 10.2 Å². The molecule has 0 atom stereocenters. The van der Waals surface area contributed by atoms with E-state index in [2.05, 4.69) is 21.2 Å². The fourth-order valence-electron chi connectivity index (χ4n) is 1.90. The predicted octanol–water partition coefficient (Wildman–Crippen LogP) is 1.91. The number of nitrogens with zero attached hydrogens (tertiary/aromatic N) is 2. The molecular weight excluding hydrogens is 282 g/mol. The number of anilines is 1. The van der Waals surface area contributed by atoms with Crippen molar-refractivity contribution in [1.29, 1.82) is 0 Å². The molecule has 5 heteroatoms. The Morgan fingerprint density at radius 1 is 1.29 bits per heavy atom. The third-order valence-corrected chi connectivity index (χ3v) is 3.39. The summed E-state index contributed by atoms with van der Waals surface area (Å²) in [6.45, 7) is 3.17. The summed E-state index contributed by atoms with van der Waals surface area (Å²) < 4.78 is 1.03. The number of carbonyl (C=O) groups excluding carboxylic acids is 1. The van der Waals surface area contributed by atoms with Crippen molar-refractivity contribution in [3.8, 4) is 0 Å². The van der Waals surface area contributed by atoms with Crippen molar-refractivity contribution in [3.63, 3.8) is 0 Å². The first-order chi connectivity index (χ1) is 8.22. The maximum atomic E-state index is 12.1. The van der Waals surface area contributed by atoms with Gasteiger partial charge in [0.25, 0.3) is 0 Å². The van der Waals surface area contributed by atoms with Crippen LogP contribution in [0, 0.1) is 0 Å². The highest BCUT2D eigenvalue weighted by atomic mass is 79.9. The van der Waals surface area contributed by atoms with Crippen LogP contribution in [0.25, 0.3) is 0 Å². The Labute approximate surface area is 110 Å². The van der Waals surface area contributed by atoms with Gasteiger partial charge in [0.15, 0.2) is 0 Å². The number of benzene rings is 1. The van der Waals surface area contributed by atoms with Crippen molar-refractivity contribution >= 4 is 27.6 Å². The Kier molecular flexibility index (Phi) is 4.02. The van der Waals surface area contributed by atoms with Crippen LogP contribution >= 0.6 is 15.9 Å². The molecular formula is C12H16BrN3O. The van der Waals surface area contributed by atoms with Crippen molar-refractivity contribution in [2.75, 3.05) is 38.1 Å². The minimum Gasteiger partial charge on any atom is -0.321 e. The number of urea groups is 1. The maximum absolute atomic E-state index is 12.1. The molecule has 1 fully saturated rings. The monoisotopic (exact) mass is 297 g/mol. The van der Waals surface area contributed by atoms with Gasteiger partial charge in [0.05, 0.1) is 0 Å². The highest BCUT2D eigenvalue weighted by Crippen LogP contribution is 2.22. The molecule has 0 bridgehead atoms. The zero-order valence-corrected chi connectivity index (χ0v) is 11.4. The summed E-state index contributed by atoms with van der Waals surface area (Å²) >= 11 is 3.39. The second-order valence-corrected chi connectivity index (χ2v) is 4.92. The lowest BCUT2D eigenvalue weighted by Crippen LogP contribution is -2.35. The molecule has 0 radical (unpaired) electrons. The molecule has 0 aromatic heterocycles. The Bertz CT molecular complexity index is 393. The molecule has 92 valence electrons. The van der Waals surface area contributed by atoms with Gasteiger partial charge in [-0.15, -0.1) is 0 Å². The number of hydrogen-bond acceptors (Lipinski definition) is 2. The Hall–Kier alpha value is -1.07. The molecule has 1 aliphatic heterocycles. The van der Waals surface area contributed by atoms with Crippen LogP contribution in [0.4, 0.5) is 10.5 Å². The van der Waals surface area contributed by atoms with E-state index in [1.54, 1.807) is 0 Å². The largest absolute Gasteiger partial charge is 0.324 e. The van der Waals surface area contributed by atoms with Crippen molar-refractivity contribution in [3.05, 3.63) is 28.7 Å². The zero-order chi connectivity index (χ0) is 12.3. The van der Waals surface area contributed by atoms with Gasteiger partial charge in [0.1, 0.15) is 0 Å². The molecule has 1 N–H and O–H groups in total.